The summed E-state index contributed by atoms with van der Waals surface area (Å²) in [5.41, 5.74) is 1.09. The molecule has 0 aliphatic carbocycles. The molecule has 126 valence electrons. The van der Waals surface area contributed by atoms with Gasteiger partial charge in [0.25, 0.3) is 0 Å². The number of methoxy groups -OCH3 is 1. The van der Waals surface area contributed by atoms with Gasteiger partial charge in [0.05, 0.1) is 7.11 Å². The summed E-state index contributed by atoms with van der Waals surface area (Å²) >= 11 is 0. The molecular weight excluding hydrogens is 391 g/mol. The van der Waals surface area contributed by atoms with Gasteiger partial charge < -0.3 is 15.4 Å². The second-order valence-electron chi connectivity index (χ2n) is 5.18. The number of nitrogens with one attached hydrogen (secondary N) is 2. The lowest BCUT2D eigenvalue weighted by Gasteiger charge is -2.17. The Hall–Kier alpha value is -1.05. The quantitative estimate of drug-likeness (QED) is 0.293. The van der Waals surface area contributed by atoms with Gasteiger partial charge in [0, 0.05) is 31.9 Å². The number of halogens is 1. The van der Waals surface area contributed by atoms with Crippen LogP contribution in [0.25, 0.3) is 0 Å². The zero-order valence-electron chi connectivity index (χ0n) is 14.1. The molecule has 0 aliphatic heterocycles. The van der Waals surface area contributed by atoms with E-state index in [0.717, 1.165) is 11.5 Å². The molecule has 1 unspecified atom stereocenters. The van der Waals surface area contributed by atoms with E-state index in [9.17, 15) is 0 Å². The van der Waals surface area contributed by atoms with Crippen molar-refractivity contribution in [3.8, 4) is 5.88 Å². The number of guanidine groups is 1. The van der Waals surface area contributed by atoms with Crippen molar-refractivity contribution in [2.24, 2.45) is 4.99 Å². The molecule has 6 heteroatoms. The number of unbranched alkanes of at least 4 members (excludes halogenated alkanes) is 2. The lowest BCUT2D eigenvalue weighted by Crippen LogP contribution is -2.41. The highest BCUT2D eigenvalue weighted by atomic mass is 127. The van der Waals surface area contributed by atoms with E-state index in [1.165, 1.54) is 25.7 Å². The fourth-order valence-corrected chi connectivity index (χ4v) is 2.02. The topological polar surface area (TPSA) is 58.5 Å². The molecule has 0 radical (unpaired) electrons. The van der Waals surface area contributed by atoms with Gasteiger partial charge in [0.15, 0.2) is 5.96 Å². The van der Waals surface area contributed by atoms with Crippen LogP contribution in [0.4, 0.5) is 0 Å². The van der Waals surface area contributed by atoms with E-state index < -0.39 is 0 Å². The number of rotatable bonds is 8. The molecule has 0 fully saturated rings. The largest absolute Gasteiger partial charge is 0.481 e. The first-order valence-corrected chi connectivity index (χ1v) is 7.65. The molecule has 0 aromatic carbocycles. The third-order valence-corrected chi connectivity index (χ3v) is 3.31. The van der Waals surface area contributed by atoms with Crippen molar-refractivity contribution in [1.82, 2.24) is 15.6 Å². The summed E-state index contributed by atoms with van der Waals surface area (Å²) in [4.78, 5) is 8.44. The zero-order valence-corrected chi connectivity index (χ0v) is 16.4. The molecule has 1 aromatic heterocycles. The first-order chi connectivity index (χ1) is 10.2. The molecule has 0 saturated carbocycles. The van der Waals surface area contributed by atoms with Crippen molar-refractivity contribution < 1.29 is 4.74 Å². The zero-order chi connectivity index (χ0) is 15.5. The highest BCUT2D eigenvalue weighted by molar-refractivity contribution is 14.0. The predicted octanol–water partition coefficient (Wildman–Crippen LogP) is 3.34. The van der Waals surface area contributed by atoms with Gasteiger partial charge in [-0.05, 0) is 18.9 Å². The normalized spacial score (nSPS) is 12.3. The summed E-state index contributed by atoms with van der Waals surface area (Å²) in [6.45, 7) is 5.11. The van der Waals surface area contributed by atoms with Crippen molar-refractivity contribution in [3.05, 3.63) is 23.9 Å². The molecule has 1 heterocycles. The van der Waals surface area contributed by atoms with E-state index >= 15 is 0 Å². The maximum absolute atomic E-state index is 5.05. The van der Waals surface area contributed by atoms with E-state index in [4.69, 9.17) is 4.74 Å². The first kappa shape index (κ1) is 20.9. The maximum atomic E-state index is 5.05. The van der Waals surface area contributed by atoms with Crippen LogP contribution in [0.5, 0.6) is 5.88 Å². The Morgan fingerprint density at radius 2 is 2.14 bits per heavy atom. The number of aromatic nitrogens is 1. The minimum atomic E-state index is 0. The molecule has 0 amide bonds. The second-order valence-corrected chi connectivity index (χ2v) is 5.18. The lowest BCUT2D eigenvalue weighted by atomic mass is 10.1. The Bertz CT molecular complexity index is 423. The number of hydrogen-bond donors (Lipinski definition) is 2. The molecule has 1 aromatic rings. The van der Waals surface area contributed by atoms with Gasteiger partial charge in [-0.25, -0.2) is 4.98 Å². The minimum Gasteiger partial charge on any atom is -0.481 e. The van der Waals surface area contributed by atoms with Crippen LogP contribution in [0.3, 0.4) is 0 Å². The minimum absolute atomic E-state index is 0. The van der Waals surface area contributed by atoms with Crippen molar-refractivity contribution in [1.29, 1.82) is 0 Å². The van der Waals surface area contributed by atoms with E-state index in [1.54, 1.807) is 14.2 Å². The van der Waals surface area contributed by atoms with Crippen LogP contribution < -0.4 is 15.4 Å². The number of aliphatic imine (C=N–C) groups is 1. The Morgan fingerprint density at radius 1 is 1.36 bits per heavy atom. The van der Waals surface area contributed by atoms with Gasteiger partial charge in [-0.1, -0.05) is 32.3 Å². The van der Waals surface area contributed by atoms with E-state index in [-0.39, 0.29) is 24.0 Å². The highest BCUT2D eigenvalue weighted by Crippen LogP contribution is 2.06. The van der Waals surface area contributed by atoms with Gasteiger partial charge in [0.1, 0.15) is 0 Å². The van der Waals surface area contributed by atoms with Gasteiger partial charge >= 0.3 is 0 Å². The molecule has 0 bridgehead atoms. The third kappa shape index (κ3) is 8.41. The van der Waals surface area contributed by atoms with E-state index in [2.05, 4.69) is 34.5 Å². The lowest BCUT2D eigenvalue weighted by molar-refractivity contribution is 0.397. The Morgan fingerprint density at radius 3 is 2.68 bits per heavy atom. The molecule has 1 atom stereocenters. The smallest absolute Gasteiger partial charge is 0.212 e. The molecule has 22 heavy (non-hydrogen) atoms. The third-order valence-electron chi connectivity index (χ3n) is 3.31. The molecule has 0 aliphatic rings. The van der Waals surface area contributed by atoms with Crippen LogP contribution in [0, 0.1) is 0 Å². The number of ether oxygens (including phenoxy) is 1. The Kier molecular flexibility index (Phi) is 11.9. The monoisotopic (exact) mass is 420 g/mol. The van der Waals surface area contributed by atoms with Crippen LogP contribution in [0.1, 0.15) is 45.1 Å². The fourth-order valence-electron chi connectivity index (χ4n) is 2.02. The summed E-state index contributed by atoms with van der Waals surface area (Å²) in [6.07, 6.45) is 6.77. The van der Waals surface area contributed by atoms with Gasteiger partial charge in [-0.2, -0.15) is 0 Å². The van der Waals surface area contributed by atoms with E-state index in [0.29, 0.717) is 18.5 Å². The molecular formula is C16H29IN4O. The summed E-state index contributed by atoms with van der Waals surface area (Å²) in [6, 6.07) is 4.29. The summed E-state index contributed by atoms with van der Waals surface area (Å²) < 4.78 is 5.05. The SMILES string of the molecule is CCCCCC(C)NC(=NC)NCc1ccc(OC)nc1.I. The first-order valence-electron chi connectivity index (χ1n) is 7.65. The van der Waals surface area contributed by atoms with E-state index in [1.807, 2.05) is 18.3 Å². The van der Waals surface area contributed by atoms with Crippen molar-refractivity contribution >= 4 is 29.9 Å². The summed E-state index contributed by atoms with van der Waals surface area (Å²) in [7, 11) is 3.41. The van der Waals surface area contributed by atoms with Crippen LogP contribution in [0.2, 0.25) is 0 Å². The summed E-state index contributed by atoms with van der Waals surface area (Å²) in [5, 5.41) is 6.71. The second kappa shape index (κ2) is 12.5. The Labute approximate surface area is 151 Å². The standard InChI is InChI=1S/C16H28N4O.HI/c1-5-6-7-8-13(2)20-16(17-3)19-12-14-9-10-15(21-4)18-11-14;/h9-11,13H,5-8,12H2,1-4H3,(H2,17,19,20);1H. The van der Waals surface area contributed by atoms with Crippen LogP contribution in [0.15, 0.2) is 23.3 Å². The average molecular weight is 420 g/mol. The van der Waals surface area contributed by atoms with Gasteiger partial charge in [-0.15, -0.1) is 24.0 Å². The van der Waals surface area contributed by atoms with Crippen molar-refractivity contribution in [2.45, 2.75) is 52.1 Å². The molecule has 1 rings (SSSR count). The number of hydrogen-bond acceptors (Lipinski definition) is 3. The maximum Gasteiger partial charge on any atom is 0.212 e. The molecule has 5 nitrogen and oxygen atoms in total. The fraction of sp³-hybridized carbons (Fsp3) is 0.625. The predicted molar refractivity (Wildman–Crippen MR) is 103 cm³/mol. The van der Waals surface area contributed by atoms with Gasteiger partial charge in [-0.3, -0.25) is 4.99 Å². The highest BCUT2D eigenvalue weighted by Gasteiger charge is 2.05. The number of nitrogens with zero attached hydrogens (tertiary/aromatic N) is 2. The van der Waals surface area contributed by atoms with Crippen LogP contribution >= 0.6 is 24.0 Å². The average Bonchev–Trinajstić information content (AvgIpc) is 2.52. The molecule has 0 spiro atoms. The molecule has 0 saturated heterocycles. The van der Waals surface area contributed by atoms with Crippen LogP contribution in [-0.4, -0.2) is 31.1 Å². The Balaban J connectivity index is 0.00000441. The van der Waals surface area contributed by atoms with Crippen molar-refractivity contribution in [3.63, 3.8) is 0 Å². The van der Waals surface area contributed by atoms with Gasteiger partial charge in [0.2, 0.25) is 5.88 Å². The van der Waals surface area contributed by atoms with Crippen molar-refractivity contribution in [2.75, 3.05) is 14.2 Å². The summed E-state index contributed by atoms with van der Waals surface area (Å²) in [5.74, 6) is 1.46. The van der Waals surface area contributed by atoms with Crippen LogP contribution in [-0.2, 0) is 6.54 Å². The molecule has 2 N–H and O–H groups in total. The number of pyridine rings is 1.